The van der Waals surface area contributed by atoms with Crippen LogP contribution in [0.3, 0.4) is 0 Å². The van der Waals surface area contributed by atoms with E-state index in [0.29, 0.717) is 6.04 Å². The molecule has 1 aromatic heterocycles. The third kappa shape index (κ3) is 2.84. The average molecular weight is 262 g/mol. The fourth-order valence-electron chi connectivity index (χ4n) is 3.62. The van der Waals surface area contributed by atoms with E-state index in [9.17, 15) is 0 Å². The molecule has 1 saturated carbocycles. The molecule has 0 amide bonds. The topological polar surface area (TPSA) is 33.1 Å². The maximum absolute atomic E-state index is 4.40. The molecule has 2 aliphatic rings. The van der Waals surface area contributed by atoms with Gasteiger partial charge in [-0.1, -0.05) is 6.42 Å². The number of aromatic nitrogens is 2. The SMILES string of the molecule is CNCC1CCCCN(C2CC2)C1c1cnn(C)c1. The number of rotatable bonds is 4. The van der Waals surface area contributed by atoms with E-state index in [1.807, 2.05) is 11.7 Å². The molecule has 2 atom stereocenters. The van der Waals surface area contributed by atoms with E-state index in [4.69, 9.17) is 0 Å². The minimum absolute atomic E-state index is 0.566. The zero-order valence-electron chi connectivity index (χ0n) is 12.2. The minimum Gasteiger partial charge on any atom is -0.319 e. The Hall–Kier alpha value is -0.870. The van der Waals surface area contributed by atoms with Crippen molar-refractivity contribution >= 4 is 0 Å². The van der Waals surface area contributed by atoms with Crippen molar-refractivity contribution in [3.05, 3.63) is 18.0 Å². The van der Waals surface area contributed by atoms with E-state index in [2.05, 4.69) is 34.8 Å². The summed E-state index contributed by atoms with van der Waals surface area (Å²) in [6.45, 7) is 2.38. The molecule has 2 unspecified atom stereocenters. The van der Waals surface area contributed by atoms with Gasteiger partial charge in [0.05, 0.1) is 6.20 Å². The van der Waals surface area contributed by atoms with Gasteiger partial charge in [-0.05, 0) is 51.7 Å². The molecule has 4 nitrogen and oxygen atoms in total. The van der Waals surface area contributed by atoms with Crippen LogP contribution in [0.1, 0.15) is 43.7 Å². The van der Waals surface area contributed by atoms with E-state index < -0.39 is 0 Å². The van der Waals surface area contributed by atoms with Crippen LogP contribution < -0.4 is 5.32 Å². The third-order valence-electron chi connectivity index (χ3n) is 4.59. The number of aryl methyl sites for hydroxylation is 1. The highest BCUT2D eigenvalue weighted by Crippen LogP contribution is 2.41. The lowest BCUT2D eigenvalue weighted by molar-refractivity contribution is 0.145. The highest BCUT2D eigenvalue weighted by Gasteiger charge is 2.39. The molecule has 0 bridgehead atoms. The second kappa shape index (κ2) is 5.63. The van der Waals surface area contributed by atoms with E-state index in [-0.39, 0.29) is 0 Å². The van der Waals surface area contributed by atoms with Crippen LogP contribution in [0.2, 0.25) is 0 Å². The van der Waals surface area contributed by atoms with Gasteiger partial charge in [0.1, 0.15) is 0 Å². The maximum atomic E-state index is 4.40. The van der Waals surface area contributed by atoms with Crippen molar-refractivity contribution in [2.75, 3.05) is 20.1 Å². The van der Waals surface area contributed by atoms with E-state index in [1.54, 1.807) is 0 Å². The Labute approximate surface area is 116 Å². The highest BCUT2D eigenvalue weighted by atomic mass is 15.3. The van der Waals surface area contributed by atoms with Gasteiger partial charge in [0.2, 0.25) is 0 Å². The summed E-state index contributed by atoms with van der Waals surface area (Å²) in [6, 6.07) is 1.40. The van der Waals surface area contributed by atoms with Gasteiger partial charge in [-0.15, -0.1) is 0 Å². The second-order valence-electron chi connectivity index (χ2n) is 6.17. The van der Waals surface area contributed by atoms with Crippen molar-refractivity contribution in [2.45, 2.75) is 44.2 Å². The number of nitrogens with one attached hydrogen (secondary N) is 1. The monoisotopic (exact) mass is 262 g/mol. The summed E-state index contributed by atoms with van der Waals surface area (Å²) >= 11 is 0. The summed E-state index contributed by atoms with van der Waals surface area (Å²) in [5.41, 5.74) is 1.41. The standard InChI is InChI=1S/C15H26N4/c1-16-9-12-5-3-4-8-19(14-6-7-14)15(12)13-10-17-18(2)11-13/h10-12,14-16H,3-9H2,1-2H3. The Morgan fingerprint density at radius 2 is 2.16 bits per heavy atom. The van der Waals surface area contributed by atoms with Gasteiger partial charge in [0.15, 0.2) is 0 Å². The molecule has 1 saturated heterocycles. The van der Waals surface area contributed by atoms with Gasteiger partial charge < -0.3 is 5.32 Å². The molecule has 0 aromatic carbocycles. The first kappa shape index (κ1) is 13.1. The average Bonchev–Trinajstić information content (AvgIpc) is 3.17. The van der Waals surface area contributed by atoms with Crippen LogP contribution in [0.25, 0.3) is 0 Å². The van der Waals surface area contributed by atoms with Gasteiger partial charge in [0.25, 0.3) is 0 Å². The molecular weight excluding hydrogens is 236 g/mol. The van der Waals surface area contributed by atoms with Gasteiger partial charge in [-0.2, -0.15) is 5.10 Å². The molecule has 1 aliphatic heterocycles. The Morgan fingerprint density at radius 3 is 2.79 bits per heavy atom. The predicted molar refractivity (Wildman–Crippen MR) is 76.9 cm³/mol. The molecule has 2 fully saturated rings. The zero-order valence-corrected chi connectivity index (χ0v) is 12.2. The Morgan fingerprint density at radius 1 is 1.32 bits per heavy atom. The summed E-state index contributed by atoms with van der Waals surface area (Å²) in [6.07, 6.45) is 11.1. The lowest BCUT2D eigenvalue weighted by Crippen LogP contribution is -2.37. The Kier molecular flexibility index (Phi) is 3.89. The fraction of sp³-hybridized carbons (Fsp3) is 0.800. The summed E-state index contributed by atoms with van der Waals surface area (Å²) in [5.74, 6) is 0.720. The van der Waals surface area contributed by atoms with Gasteiger partial charge in [-0.25, -0.2) is 0 Å². The highest BCUT2D eigenvalue weighted by molar-refractivity contribution is 5.14. The van der Waals surface area contributed by atoms with Crippen LogP contribution in [0, 0.1) is 5.92 Å². The van der Waals surface area contributed by atoms with Crippen LogP contribution in [0.5, 0.6) is 0 Å². The molecule has 2 heterocycles. The molecule has 3 rings (SSSR count). The number of likely N-dealkylation sites (tertiary alicyclic amines) is 1. The molecule has 1 aromatic rings. The number of hydrogen-bond donors (Lipinski definition) is 1. The first-order valence-electron chi connectivity index (χ1n) is 7.68. The van der Waals surface area contributed by atoms with Crippen molar-refractivity contribution < 1.29 is 0 Å². The van der Waals surface area contributed by atoms with Crippen LogP contribution in [0.4, 0.5) is 0 Å². The normalized spacial score (nSPS) is 29.4. The van der Waals surface area contributed by atoms with Crippen molar-refractivity contribution in [1.82, 2.24) is 20.0 Å². The Balaban J connectivity index is 1.88. The molecule has 0 radical (unpaired) electrons. The lowest BCUT2D eigenvalue weighted by atomic mass is 9.90. The van der Waals surface area contributed by atoms with Crippen LogP contribution >= 0.6 is 0 Å². The molecule has 0 spiro atoms. The van der Waals surface area contributed by atoms with Gasteiger partial charge in [-0.3, -0.25) is 9.58 Å². The molecule has 1 aliphatic carbocycles. The van der Waals surface area contributed by atoms with Gasteiger partial charge in [0, 0.05) is 30.9 Å². The quantitative estimate of drug-likeness (QED) is 0.900. The summed E-state index contributed by atoms with van der Waals surface area (Å²) in [7, 11) is 4.10. The van der Waals surface area contributed by atoms with E-state index in [0.717, 1.165) is 18.5 Å². The minimum atomic E-state index is 0.566. The molecular formula is C15H26N4. The summed E-state index contributed by atoms with van der Waals surface area (Å²) in [4.78, 5) is 2.77. The van der Waals surface area contributed by atoms with Crippen LogP contribution in [0.15, 0.2) is 12.4 Å². The largest absolute Gasteiger partial charge is 0.319 e. The van der Waals surface area contributed by atoms with E-state index >= 15 is 0 Å². The molecule has 19 heavy (non-hydrogen) atoms. The Bertz CT molecular complexity index is 410. The molecule has 4 heteroatoms. The first-order chi connectivity index (χ1) is 9.29. The predicted octanol–water partition coefficient (Wildman–Crippen LogP) is 1.95. The van der Waals surface area contributed by atoms with E-state index in [1.165, 1.54) is 44.2 Å². The number of nitrogens with zero attached hydrogens (tertiary/aromatic N) is 3. The summed E-state index contributed by atoms with van der Waals surface area (Å²) < 4.78 is 1.95. The maximum Gasteiger partial charge on any atom is 0.0537 e. The number of hydrogen-bond acceptors (Lipinski definition) is 3. The fourth-order valence-corrected chi connectivity index (χ4v) is 3.62. The molecule has 106 valence electrons. The lowest BCUT2D eigenvalue weighted by Gasteiger charge is -2.34. The van der Waals surface area contributed by atoms with Crippen molar-refractivity contribution in [3.8, 4) is 0 Å². The first-order valence-corrected chi connectivity index (χ1v) is 7.68. The van der Waals surface area contributed by atoms with Crippen LogP contribution in [-0.2, 0) is 7.05 Å². The van der Waals surface area contributed by atoms with Crippen molar-refractivity contribution in [3.63, 3.8) is 0 Å². The smallest absolute Gasteiger partial charge is 0.0537 e. The molecule has 1 N–H and O–H groups in total. The van der Waals surface area contributed by atoms with Crippen LogP contribution in [-0.4, -0.2) is 40.9 Å². The van der Waals surface area contributed by atoms with Crippen molar-refractivity contribution in [2.24, 2.45) is 13.0 Å². The third-order valence-corrected chi connectivity index (χ3v) is 4.59. The van der Waals surface area contributed by atoms with Gasteiger partial charge >= 0.3 is 0 Å². The van der Waals surface area contributed by atoms with Crippen molar-refractivity contribution in [1.29, 1.82) is 0 Å². The zero-order chi connectivity index (χ0) is 13.2. The summed E-state index contributed by atoms with van der Waals surface area (Å²) in [5, 5.41) is 7.80. The second-order valence-corrected chi connectivity index (χ2v) is 6.17.